The lowest BCUT2D eigenvalue weighted by molar-refractivity contribution is 0.637. The number of nitrogens with zero attached hydrogens (tertiary/aromatic N) is 1. The van der Waals surface area contributed by atoms with Crippen LogP contribution in [0.2, 0.25) is 0 Å². The van der Waals surface area contributed by atoms with E-state index >= 15 is 0 Å². The molecule has 3 heteroatoms. The largest absolute Gasteiger partial charge is 0.456 e. The van der Waals surface area contributed by atoms with Crippen molar-refractivity contribution in [2.24, 2.45) is 0 Å². The third-order valence-corrected chi connectivity index (χ3v) is 13.0. The standard InChI is InChI=1S/C53H37NO2/c1-52(2)42-20-8-4-14-34(42)37-28-26-32(30-46(37)52)54(47-24-13-19-41-38-17-7-11-25-48(38)55-51(41)47)33-27-29-39-40-18-12-23-45(50(40)56-49(39)31-33)53(3)43-21-9-5-15-35(43)36-16-6-10-22-44(36)53/h4-31H,1-3H3. The van der Waals surface area contributed by atoms with Crippen molar-refractivity contribution in [1.29, 1.82) is 0 Å². The minimum absolute atomic E-state index is 0.147. The summed E-state index contributed by atoms with van der Waals surface area (Å²) in [5.41, 5.74) is 17.7. The first kappa shape index (κ1) is 31.5. The second-order valence-corrected chi connectivity index (χ2v) is 16.2. The number of anilines is 3. The monoisotopic (exact) mass is 719 g/mol. The van der Waals surface area contributed by atoms with Crippen LogP contribution in [0.3, 0.4) is 0 Å². The minimum Gasteiger partial charge on any atom is -0.456 e. The third kappa shape index (κ3) is 4.07. The van der Waals surface area contributed by atoms with E-state index < -0.39 is 0 Å². The zero-order valence-corrected chi connectivity index (χ0v) is 31.4. The van der Waals surface area contributed by atoms with Crippen LogP contribution in [0.25, 0.3) is 66.1 Å². The molecule has 10 aromatic rings. The number of rotatable bonds is 4. The summed E-state index contributed by atoms with van der Waals surface area (Å²) in [5.74, 6) is 0. The second-order valence-electron chi connectivity index (χ2n) is 16.2. The van der Waals surface area contributed by atoms with E-state index in [1.54, 1.807) is 0 Å². The lowest BCUT2D eigenvalue weighted by Gasteiger charge is -2.28. The van der Waals surface area contributed by atoms with E-state index in [9.17, 15) is 0 Å². The Morgan fingerprint density at radius 3 is 1.66 bits per heavy atom. The van der Waals surface area contributed by atoms with Gasteiger partial charge in [0.2, 0.25) is 0 Å². The highest BCUT2D eigenvalue weighted by atomic mass is 16.3. The first-order valence-corrected chi connectivity index (χ1v) is 19.5. The molecule has 0 bridgehead atoms. The van der Waals surface area contributed by atoms with Gasteiger partial charge in [-0.3, -0.25) is 0 Å². The molecule has 0 spiro atoms. The number of benzene rings is 8. The molecule has 2 aliphatic carbocycles. The summed E-state index contributed by atoms with van der Waals surface area (Å²) < 4.78 is 13.8. The van der Waals surface area contributed by atoms with Gasteiger partial charge in [0.05, 0.1) is 11.4 Å². The van der Waals surface area contributed by atoms with Crippen molar-refractivity contribution in [3.63, 3.8) is 0 Å². The van der Waals surface area contributed by atoms with E-state index in [0.717, 1.165) is 60.9 Å². The van der Waals surface area contributed by atoms with Gasteiger partial charge in [-0.25, -0.2) is 0 Å². The molecule has 0 atom stereocenters. The average molecular weight is 720 g/mol. The van der Waals surface area contributed by atoms with Gasteiger partial charge < -0.3 is 13.7 Å². The molecule has 0 N–H and O–H groups in total. The van der Waals surface area contributed by atoms with Crippen LogP contribution in [0.1, 0.15) is 48.6 Å². The molecule has 56 heavy (non-hydrogen) atoms. The summed E-state index contributed by atoms with van der Waals surface area (Å²) in [7, 11) is 0. The van der Waals surface area contributed by atoms with Crippen molar-refractivity contribution < 1.29 is 8.83 Å². The Balaban J connectivity index is 1.09. The highest BCUT2D eigenvalue weighted by Gasteiger charge is 2.42. The van der Waals surface area contributed by atoms with E-state index in [1.165, 1.54) is 50.1 Å². The zero-order valence-electron chi connectivity index (χ0n) is 31.4. The fraction of sp³-hybridized carbons (Fsp3) is 0.0943. The first-order valence-electron chi connectivity index (χ1n) is 19.5. The molecule has 0 unspecified atom stereocenters. The van der Waals surface area contributed by atoms with Crippen LogP contribution in [0.5, 0.6) is 0 Å². The molecule has 3 nitrogen and oxygen atoms in total. The average Bonchev–Trinajstić information content (AvgIpc) is 3.95. The van der Waals surface area contributed by atoms with Crippen molar-refractivity contribution in [2.75, 3.05) is 4.90 Å². The normalized spacial score (nSPS) is 14.6. The van der Waals surface area contributed by atoms with E-state index in [0.29, 0.717) is 0 Å². The highest BCUT2D eigenvalue weighted by molar-refractivity contribution is 6.12. The smallest absolute Gasteiger partial charge is 0.159 e. The van der Waals surface area contributed by atoms with Crippen LogP contribution < -0.4 is 4.90 Å². The molecule has 0 saturated heterocycles. The van der Waals surface area contributed by atoms with Crippen molar-refractivity contribution in [2.45, 2.75) is 31.6 Å². The Kier molecular flexibility index (Phi) is 6.25. The quantitative estimate of drug-likeness (QED) is 0.181. The van der Waals surface area contributed by atoms with E-state index in [4.69, 9.17) is 8.83 Å². The SMILES string of the molecule is CC1(C)c2ccccc2-c2ccc(N(c3ccc4c(c3)oc3c(C5(C)c6ccccc6-c6ccccc65)cccc34)c3cccc4c3oc3ccccc34)cc21. The predicted molar refractivity (Wildman–Crippen MR) is 231 cm³/mol. The van der Waals surface area contributed by atoms with Crippen molar-refractivity contribution in [3.05, 3.63) is 198 Å². The molecule has 2 aliphatic rings. The molecule has 0 amide bonds. The molecule has 2 heterocycles. The summed E-state index contributed by atoms with van der Waals surface area (Å²) in [4.78, 5) is 2.35. The van der Waals surface area contributed by atoms with Crippen molar-refractivity contribution in [1.82, 2.24) is 0 Å². The Morgan fingerprint density at radius 2 is 0.893 bits per heavy atom. The Labute approximate surface area is 325 Å². The molecule has 0 fully saturated rings. The summed E-state index contributed by atoms with van der Waals surface area (Å²) in [5, 5.41) is 4.42. The summed E-state index contributed by atoms with van der Waals surface area (Å²) >= 11 is 0. The van der Waals surface area contributed by atoms with Gasteiger partial charge >= 0.3 is 0 Å². The van der Waals surface area contributed by atoms with E-state index in [1.807, 2.05) is 6.07 Å². The molecule has 12 rings (SSSR count). The molecule has 0 saturated carbocycles. The third-order valence-electron chi connectivity index (χ3n) is 13.0. The van der Waals surface area contributed by atoms with Crippen molar-refractivity contribution in [3.8, 4) is 22.3 Å². The lowest BCUT2D eigenvalue weighted by Crippen LogP contribution is -2.22. The first-order chi connectivity index (χ1) is 27.4. The van der Waals surface area contributed by atoms with Gasteiger partial charge in [-0.05, 0) is 87.8 Å². The maximum Gasteiger partial charge on any atom is 0.159 e. The van der Waals surface area contributed by atoms with Gasteiger partial charge in [-0.15, -0.1) is 0 Å². The lowest BCUT2D eigenvalue weighted by atomic mass is 9.74. The van der Waals surface area contributed by atoms with E-state index in [2.05, 4.69) is 189 Å². The number of furan rings is 2. The van der Waals surface area contributed by atoms with Crippen LogP contribution in [0.4, 0.5) is 17.1 Å². The van der Waals surface area contributed by atoms with Gasteiger partial charge in [0.15, 0.2) is 5.58 Å². The molecule has 0 aliphatic heterocycles. The number of fused-ring (bicyclic) bond motifs is 12. The van der Waals surface area contributed by atoms with E-state index in [-0.39, 0.29) is 10.8 Å². The summed E-state index contributed by atoms with van der Waals surface area (Å²) in [6, 6.07) is 61.5. The molecule has 0 radical (unpaired) electrons. The maximum atomic E-state index is 7.09. The highest BCUT2D eigenvalue weighted by Crippen LogP contribution is 2.55. The molecule has 266 valence electrons. The summed E-state index contributed by atoms with van der Waals surface area (Å²) in [6.07, 6.45) is 0. The number of para-hydroxylation sites is 3. The fourth-order valence-electron chi connectivity index (χ4n) is 10.2. The van der Waals surface area contributed by atoms with Crippen LogP contribution in [0, 0.1) is 0 Å². The molecule has 8 aromatic carbocycles. The van der Waals surface area contributed by atoms with Gasteiger partial charge in [0.1, 0.15) is 16.7 Å². The minimum atomic E-state index is -0.374. The van der Waals surface area contributed by atoms with Crippen LogP contribution >= 0.6 is 0 Å². The summed E-state index contributed by atoms with van der Waals surface area (Å²) in [6.45, 7) is 7.03. The van der Waals surface area contributed by atoms with Gasteiger partial charge in [-0.1, -0.05) is 141 Å². The Bertz CT molecular complexity index is 3220. The van der Waals surface area contributed by atoms with Gasteiger partial charge in [-0.2, -0.15) is 0 Å². The van der Waals surface area contributed by atoms with Gasteiger partial charge in [0.25, 0.3) is 0 Å². The van der Waals surface area contributed by atoms with Crippen molar-refractivity contribution >= 4 is 60.9 Å². The Morgan fingerprint density at radius 1 is 0.375 bits per heavy atom. The zero-order chi connectivity index (χ0) is 37.3. The number of hydrogen-bond acceptors (Lipinski definition) is 3. The van der Waals surface area contributed by atoms with Crippen LogP contribution in [-0.2, 0) is 10.8 Å². The number of hydrogen-bond donors (Lipinski definition) is 0. The van der Waals surface area contributed by atoms with Crippen LogP contribution in [-0.4, -0.2) is 0 Å². The Hall–Kier alpha value is -6.84. The fourth-order valence-corrected chi connectivity index (χ4v) is 10.2. The maximum absolute atomic E-state index is 7.09. The molecule has 2 aromatic heterocycles. The van der Waals surface area contributed by atoms with Crippen LogP contribution in [0.15, 0.2) is 179 Å². The van der Waals surface area contributed by atoms with Gasteiger partial charge in [0, 0.05) is 49.7 Å². The second kappa shape index (κ2) is 11.1. The predicted octanol–water partition coefficient (Wildman–Crippen LogP) is 14.6. The topological polar surface area (TPSA) is 29.5 Å². The molecular weight excluding hydrogens is 683 g/mol. The molecular formula is C53H37NO2.